The molecule has 0 radical (unpaired) electrons. The highest BCUT2D eigenvalue weighted by atomic mass is 19.1. The Morgan fingerprint density at radius 2 is 2.11 bits per heavy atom. The van der Waals surface area contributed by atoms with Gasteiger partial charge in [0.25, 0.3) is 5.91 Å². The SMILES string of the molecule is NC(=O)C1CCCN(c2ccc(N/C=C3\C(=O)Nc4ccccc43)cc2F)C1. The summed E-state index contributed by atoms with van der Waals surface area (Å²) in [5, 5.41) is 5.80. The number of nitrogens with zero attached hydrogens (tertiary/aromatic N) is 1. The molecule has 6 nitrogen and oxygen atoms in total. The predicted molar refractivity (Wildman–Crippen MR) is 107 cm³/mol. The van der Waals surface area contributed by atoms with Crippen LogP contribution in [0.25, 0.3) is 5.57 Å². The van der Waals surface area contributed by atoms with Crippen molar-refractivity contribution in [2.45, 2.75) is 12.8 Å². The molecule has 2 aromatic carbocycles. The number of nitrogens with two attached hydrogens (primary N) is 1. The van der Waals surface area contributed by atoms with Crippen LogP contribution in [0.3, 0.4) is 0 Å². The van der Waals surface area contributed by atoms with Gasteiger partial charge in [0.05, 0.1) is 17.2 Å². The first-order chi connectivity index (χ1) is 13.5. The molecule has 144 valence electrons. The van der Waals surface area contributed by atoms with E-state index in [4.69, 9.17) is 5.73 Å². The molecule has 1 unspecified atom stereocenters. The van der Waals surface area contributed by atoms with E-state index < -0.39 is 0 Å². The lowest BCUT2D eigenvalue weighted by Gasteiger charge is -2.33. The van der Waals surface area contributed by atoms with Crippen molar-refractivity contribution in [2.75, 3.05) is 28.6 Å². The monoisotopic (exact) mass is 380 g/mol. The second-order valence-corrected chi connectivity index (χ2v) is 7.06. The molecule has 7 heteroatoms. The Bertz CT molecular complexity index is 973. The van der Waals surface area contributed by atoms with Crippen molar-refractivity contribution >= 4 is 34.4 Å². The summed E-state index contributed by atoms with van der Waals surface area (Å²) in [6, 6.07) is 12.2. The van der Waals surface area contributed by atoms with Crippen molar-refractivity contribution < 1.29 is 14.0 Å². The zero-order valence-electron chi connectivity index (χ0n) is 15.2. The summed E-state index contributed by atoms with van der Waals surface area (Å²) < 4.78 is 14.7. The zero-order valence-corrected chi connectivity index (χ0v) is 15.2. The average Bonchev–Trinajstić information content (AvgIpc) is 3.01. The molecule has 0 spiro atoms. The molecule has 1 saturated heterocycles. The van der Waals surface area contributed by atoms with Gasteiger partial charge in [0.1, 0.15) is 5.82 Å². The summed E-state index contributed by atoms with van der Waals surface area (Å²) in [7, 11) is 0. The van der Waals surface area contributed by atoms with Crippen molar-refractivity contribution in [3.8, 4) is 0 Å². The number of para-hydroxylation sites is 1. The van der Waals surface area contributed by atoms with Gasteiger partial charge in [-0.3, -0.25) is 9.59 Å². The molecule has 4 rings (SSSR count). The Hall–Kier alpha value is -3.35. The largest absolute Gasteiger partial charge is 0.369 e. The van der Waals surface area contributed by atoms with E-state index in [0.717, 1.165) is 24.1 Å². The summed E-state index contributed by atoms with van der Waals surface area (Å²) in [5.74, 6) is -1.18. The van der Waals surface area contributed by atoms with Crippen LogP contribution in [-0.4, -0.2) is 24.9 Å². The number of primary amides is 1. The number of hydrogen-bond acceptors (Lipinski definition) is 4. The first-order valence-corrected chi connectivity index (χ1v) is 9.24. The lowest BCUT2D eigenvalue weighted by Crippen LogP contribution is -2.41. The smallest absolute Gasteiger partial charge is 0.257 e. The van der Waals surface area contributed by atoms with Crippen LogP contribution in [0.5, 0.6) is 0 Å². The second kappa shape index (κ2) is 7.34. The van der Waals surface area contributed by atoms with E-state index in [9.17, 15) is 14.0 Å². The normalized spacial score (nSPS) is 20.0. The fourth-order valence-corrected chi connectivity index (χ4v) is 3.72. The van der Waals surface area contributed by atoms with Gasteiger partial charge >= 0.3 is 0 Å². The van der Waals surface area contributed by atoms with Crippen LogP contribution in [0.15, 0.2) is 48.7 Å². The van der Waals surface area contributed by atoms with E-state index in [1.165, 1.54) is 6.07 Å². The van der Waals surface area contributed by atoms with E-state index in [2.05, 4.69) is 10.6 Å². The van der Waals surface area contributed by atoms with Crippen LogP contribution < -0.4 is 21.3 Å². The Labute approximate surface area is 162 Å². The molecule has 2 aliphatic rings. The van der Waals surface area contributed by atoms with E-state index in [1.807, 2.05) is 29.2 Å². The zero-order chi connectivity index (χ0) is 19.7. The molecule has 0 aliphatic carbocycles. The fourth-order valence-electron chi connectivity index (χ4n) is 3.72. The standard InChI is InChI=1S/C21H21FN4O2/c22-17-10-14(7-8-19(17)26-9-3-4-13(12-26)20(23)27)24-11-16-15-5-1-2-6-18(15)25-21(16)28/h1-2,5-8,10-11,13,24H,3-4,9,12H2,(H2,23,27)(H,25,28)/b16-11-. The number of nitrogens with one attached hydrogen (secondary N) is 2. The van der Waals surface area contributed by atoms with Crippen LogP contribution in [0.1, 0.15) is 18.4 Å². The third kappa shape index (κ3) is 3.43. The van der Waals surface area contributed by atoms with Gasteiger partial charge in [0.15, 0.2) is 0 Å². The highest BCUT2D eigenvalue weighted by molar-refractivity contribution is 6.31. The van der Waals surface area contributed by atoms with E-state index in [0.29, 0.717) is 30.0 Å². The summed E-state index contributed by atoms with van der Waals surface area (Å²) in [5.41, 5.74) is 8.46. The maximum absolute atomic E-state index is 14.7. The minimum atomic E-state index is -0.384. The highest BCUT2D eigenvalue weighted by Gasteiger charge is 2.26. The lowest BCUT2D eigenvalue weighted by atomic mass is 9.97. The first-order valence-electron chi connectivity index (χ1n) is 9.24. The number of rotatable bonds is 4. The molecule has 2 amide bonds. The van der Waals surface area contributed by atoms with Crippen LogP contribution in [-0.2, 0) is 9.59 Å². The van der Waals surface area contributed by atoms with Crippen molar-refractivity contribution in [1.82, 2.24) is 0 Å². The average molecular weight is 380 g/mol. The highest BCUT2D eigenvalue weighted by Crippen LogP contribution is 2.32. The Morgan fingerprint density at radius 1 is 1.29 bits per heavy atom. The number of piperidine rings is 1. The molecular weight excluding hydrogens is 359 g/mol. The van der Waals surface area contributed by atoms with Gasteiger partial charge in [-0.05, 0) is 37.1 Å². The van der Waals surface area contributed by atoms with Gasteiger partial charge < -0.3 is 21.3 Å². The second-order valence-electron chi connectivity index (χ2n) is 7.06. The Morgan fingerprint density at radius 3 is 2.89 bits per heavy atom. The maximum atomic E-state index is 14.7. The Balaban J connectivity index is 1.51. The molecule has 0 aromatic heterocycles. The summed E-state index contributed by atoms with van der Waals surface area (Å²) in [6.07, 6.45) is 3.12. The van der Waals surface area contributed by atoms with Gasteiger partial charge in [-0.25, -0.2) is 4.39 Å². The van der Waals surface area contributed by atoms with Gasteiger partial charge in [-0.15, -0.1) is 0 Å². The minimum absolute atomic E-state index is 0.198. The predicted octanol–water partition coefficient (Wildman–Crippen LogP) is 2.93. The molecule has 4 N–H and O–H groups in total. The number of halogens is 1. The van der Waals surface area contributed by atoms with E-state index in [-0.39, 0.29) is 23.5 Å². The number of carbonyl (C=O) groups is 2. The number of amides is 2. The molecule has 2 aliphatic heterocycles. The van der Waals surface area contributed by atoms with Crippen LogP contribution in [0, 0.1) is 11.7 Å². The number of hydrogen-bond donors (Lipinski definition) is 3. The van der Waals surface area contributed by atoms with Gasteiger partial charge in [-0.1, -0.05) is 18.2 Å². The topological polar surface area (TPSA) is 87.5 Å². The van der Waals surface area contributed by atoms with Gasteiger partial charge in [0.2, 0.25) is 5.91 Å². The number of anilines is 3. The third-order valence-electron chi connectivity index (χ3n) is 5.21. The summed E-state index contributed by atoms with van der Waals surface area (Å²) in [6.45, 7) is 1.12. The molecule has 28 heavy (non-hydrogen) atoms. The van der Waals surface area contributed by atoms with Crippen molar-refractivity contribution in [2.24, 2.45) is 11.7 Å². The molecule has 0 saturated carbocycles. The van der Waals surface area contributed by atoms with Crippen molar-refractivity contribution in [1.29, 1.82) is 0 Å². The number of benzene rings is 2. The van der Waals surface area contributed by atoms with Crippen molar-refractivity contribution in [3.05, 3.63) is 60.0 Å². The van der Waals surface area contributed by atoms with Crippen LogP contribution in [0.2, 0.25) is 0 Å². The van der Waals surface area contributed by atoms with E-state index >= 15 is 0 Å². The minimum Gasteiger partial charge on any atom is -0.369 e. The molecule has 1 atom stereocenters. The molecular formula is C21H21FN4O2. The van der Waals surface area contributed by atoms with Crippen LogP contribution >= 0.6 is 0 Å². The van der Waals surface area contributed by atoms with Gasteiger partial charge in [-0.2, -0.15) is 0 Å². The van der Waals surface area contributed by atoms with E-state index in [1.54, 1.807) is 18.3 Å². The summed E-state index contributed by atoms with van der Waals surface area (Å²) >= 11 is 0. The summed E-state index contributed by atoms with van der Waals surface area (Å²) in [4.78, 5) is 25.4. The maximum Gasteiger partial charge on any atom is 0.257 e. The third-order valence-corrected chi connectivity index (χ3v) is 5.21. The molecule has 2 heterocycles. The number of fused-ring (bicyclic) bond motifs is 1. The molecule has 1 fully saturated rings. The lowest BCUT2D eigenvalue weighted by molar-refractivity contribution is -0.122. The van der Waals surface area contributed by atoms with Crippen LogP contribution in [0.4, 0.5) is 21.5 Å². The van der Waals surface area contributed by atoms with Crippen molar-refractivity contribution in [3.63, 3.8) is 0 Å². The number of carbonyl (C=O) groups excluding carboxylic acids is 2. The molecule has 2 aromatic rings. The first kappa shape index (κ1) is 18.0. The van der Waals surface area contributed by atoms with Gasteiger partial charge in [0, 0.05) is 36.2 Å². The molecule has 0 bridgehead atoms. The Kier molecular flexibility index (Phi) is 4.73. The fraction of sp³-hybridized carbons (Fsp3) is 0.238. The quantitative estimate of drug-likeness (QED) is 0.712.